The fourth-order valence-electron chi connectivity index (χ4n) is 2.99. The van der Waals surface area contributed by atoms with Crippen LogP contribution < -0.4 is 4.72 Å². The summed E-state index contributed by atoms with van der Waals surface area (Å²) in [5.41, 5.74) is 2.33. The summed E-state index contributed by atoms with van der Waals surface area (Å²) >= 11 is 0. The van der Waals surface area contributed by atoms with Gasteiger partial charge in [0.2, 0.25) is 5.78 Å². The summed E-state index contributed by atoms with van der Waals surface area (Å²) in [6.07, 6.45) is 1.68. The van der Waals surface area contributed by atoms with Gasteiger partial charge in [-0.25, -0.2) is 17.4 Å². The molecule has 31 heavy (non-hydrogen) atoms. The number of allylic oxidation sites excluding steroid dienone is 1. The van der Waals surface area contributed by atoms with E-state index in [1.165, 1.54) is 24.3 Å². The molecule has 1 unspecified atom stereocenters. The van der Waals surface area contributed by atoms with Gasteiger partial charge in [0.05, 0.1) is 5.69 Å². The van der Waals surface area contributed by atoms with Gasteiger partial charge in [0.1, 0.15) is 10.7 Å². The van der Waals surface area contributed by atoms with E-state index in [0.29, 0.717) is 17.7 Å². The van der Waals surface area contributed by atoms with Crippen LogP contribution in [0, 0.1) is 29.3 Å². The molecule has 7 heteroatoms. The molecule has 0 aromatic heterocycles. The Bertz CT molecular complexity index is 1300. The van der Waals surface area contributed by atoms with Crippen molar-refractivity contribution >= 4 is 28.5 Å². The van der Waals surface area contributed by atoms with Crippen LogP contribution in [-0.4, -0.2) is 9.99 Å². The van der Waals surface area contributed by atoms with Gasteiger partial charge < -0.3 is 4.72 Å². The molecule has 1 aliphatic rings. The van der Waals surface area contributed by atoms with Crippen molar-refractivity contribution < 1.29 is 22.2 Å². The first-order chi connectivity index (χ1) is 14.9. The van der Waals surface area contributed by atoms with Crippen molar-refractivity contribution in [3.05, 3.63) is 105 Å². The highest BCUT2D eigenvalue weighted by Gasteiger charge is 2.27. The van der Waals surface area contributed by atoms with Gasteiger partial charge in [0.15, 0.2) is 22.6 Å². The minimum Gasteiger partial charge on any atom is -0.300 e. The lowest BCUT2D eigenvalue weighted by molar-refractivity contribution is 0.104. The predicted octanol–water partition coefficient (Wildman–Crippen LogP) is 5.01. The molecule has 3 nitrogen and oxygen atoms in total. The van der Waals surface area contributed by atoms with Crippen LogP contribution in [0.2, 0.25) is 0 Å². The Hall–Kier alpha value is -3.63. The molecule has 0 bridgehead atoms. The van der Waals surface area contributed by atoms with Crippen molar-refractivity contribution in [3.8, 4) is 11.8 Å². The number of rotatable bonds is 2. The van der Waals surface area contributed by atoms with Crippen molar-refractivity contribution in [2.45, 2.75) is 6.42 Å². The number of nitrogens with one attached hydrogen (secondary N) is 1. The number of carbonyl (C=O) groups excluding carboxylic acids is 1. The summed E-state index contributed by atoms with van der Waals surface area (Å²) in [5, 5.41) is 0. The van der Waals surface area contributed by atoms with Crippen LogP contribution in [0.5, 0.6) is 0 Å². The van der Waals surface area contributed by atoms with Crippen LogP contribution in [0.3, 0.4) is 0 Å². The highest BCUT2D eigenvalue weighted by Crippen LogP contribution is 2.29. The minimum atomic E-state index is -1.84. The average Bonchev–Trinajstić information content (AvgIpc) is 2.75. The Morgan fingerprint density at radius 3 is 2.45 bits per heavy atom. The maximum atomic E-state index is 13.5. The Balaban J connectivity index is 1.60. The Kier molecular flexibility index (Phi) is 5.74. The van der Waals surface area contributed by atoms with Crippen LogP contribution in [0.1, 0.15) is 27.0 Å². The first-order valence-corrected chi connectivity index (χ1v) is 10.3. The maximum Gasteiger partial charge on any atom is 0.205 e. The second-order valence-corrected chi connectivity index (χ2v) is 7.93. The zero-order chi connectivity index (χ0) is 22.0. The molecule has 0 saturated carbocycles. The monoisotopic (exact) mass is 437 g/mol. The van der Waals surface area contributed by atoms with E-state index in [9.17, 15) is 22.2 Å². The van der Waals surface area contributed by atoms with Crippen LogP contribution in [0.25, 0.3) is 6.08 Å². The van der Waals surface area contributed by atoms with Gasteiger partial charge in [-0.15, -0.1) is 0 Å². The largest absolute Gasteiger partial charge is 0.300 e. The number of ketones is 1. The van der Waals surface area contributed by atoms with Crippen LogP contribution in [-0.2, 0) is 17.4 Å². The SMILES string of the molecule is O=C1/C(=C\c2ccc(F)c(F)c2)S(=O)Nc2ccc(C#CCc3ccc(F)cc3)cc21. The molecule has 0 radical (unpaired) electrons. The summed E-state index contributed by atoms with van der Waals surface area (Å²) in [7, 11) is -1.84. The summed E-state index contributed by atoms with van der Waals surface area (Å²) in [5.74, 6) is 3.06. The molecule has 3 aromatic rings. The van der Waals surface area contributed by atoms with Crippen molar-refractivity contribution in [2.75, 3.05) is 4.72 Å². The number of hydrogen-bond donors (Lipinski definition) is 1. The first-order valence-electron chi connectivity index (χ1n) is 9.18. The number of anilines is 1. The van der Waals surface area contributed by atoms with Crippen LogP contribution in [0.4, 0.5) is 18.9 Å². The van der Waals surface area contributed by atoms with Crippen molar-refractivity contribution in [1.29, 1.82) is 0 Å². The van der Waals surface area contributed by atoms with Gasteiger partial charge in [-0.05, 0) is 59.7 Å². The molecular formula is C24H14F3NO2S. The normalized spacial score (nSPS) is 16.3. The molecule has 0 aliphatic carbocycles. The van der Waals surface area contributed by atoms with Gasteiger partial charge in [0, 0.05) is 17.5 Å². The summed E-state index contributed by atoms with van der Waals surface area (Å²) in [6.45, 7) is 0. The van der Waals surface area contributed by atoms with E-state index < -0.39 is 28.4 Å². The number of benzene rings is 3. The molecule has 154 valence electrons. The third-order valence-electron chi connectivity index (χ3n) is 4.57. The van der Waals surface area contributed by atoms with Gasteiger partial charge in [-0.2, -0.15) is 0 Å². The minimum absolute atomic E-state index is 0.0741. The molecule has 1 atom stereocenters. The lowest BCUT2D eigenvalue weighted by Gasteiger charge is -2.19. The zero-order valence-electron chi connectivity index (χ0n) is 15.9. The van der Waals surface area contributed by atoms with E-state index in [1.54, 1.807) is 30.3 Å². The Morgan fingerprint density at radius 2 is 1.71 bits per heavy atom. The number of Topliss-reactive ketones (excluding diaryl/α,β-unsaturated/α-hetero) is 1. The highest BCUT2D eigenvalue weighted by atomic mass is 32.2. The Labute approximate surface area is 179 Å². The average molecular weight is 437 g/mol. The number of halogens is 3. The van der Waals surface area contributed by atoms with E-state index in [-0.39, 0.29) is 21.8 Å². The molecule has 1 N–H and O–H groups in total. The predicted molar refractivity (Wildman–Crippen MR) is 114 cm³/mol. The van der Waals surface area contributed by atoms with E-state index >= 15 is 0 Å². The number of fused-ring (bicyclic) bond motifs is 1. The van der Waals surface area contributed by atoms with Crippen molar-refractivity contribution in [2.24, 2.45) is 0 Å². The first kappa shape index (κ1) is 20.6. The van der Waals surface area contributed by atoms with Gasteiger partial charge in [-0.1, -0.05) is 30.0 Å². The molecule has 0 saturated heterocycles. The van der Waals surface area contributed by atoms with Crippen molar-refractivity contribution in [3.63, 3.8) is 0 Å². The fraction of sp³-hybridized carbons (Fsp3) is 0.0417. The topological polar surface area (TPSA) is 46.2 Å². The third kappa shape index (κ3) is 4.60. The summed E-state index contributed by atoms with van der Waals surface area (Å²) in [6, 6.07) is 14.1. The fourth-order valence-corrected chi connectivity index (χ4v) is 4.00. The van der Waals surface area contributed by atoms with Gasteiger partial charge >= 0.3 is 0 Å². The molecule has 3 aromatic carbocycles. The lowest BCUT2D eigenvalue weighted by Crippen LogP contribution is -2.22. The van der Waals surface area contributed by atoms with Crippen LogP contribution >= 0.6 is 0 Å². The molecular weight excluding hydrogens is 423 g/mol. The lowest BCUT2D eigenvalue weighted by atomic mass is 10.0. The molecule has 0 fully saturated rings. The van der Waals surface area contributed by atoms with Gasteiger partial charge in [0.25, 0.3) is 0 Å². The molecule has 1 aliphatic heterocycles. The summed E-state index contributed by atoms with van der Waals surface area (Å²) in [4.78, 5) is 12.8. The van der Waals surface area contributed by atoms with E-state index in [4.69, 9.17) is 0 Å². The third-order valence-corrected chi connectivity index (χ3v) is 5.68. The summed E-state index contributed by atoms with van der Waals surface area (Å²) < 4.78 is 54.8. The van der Waals surface area contributed by atoms with Gasteiger partial charge in [-0.3, -0.25) is 4.79 Å². The van der Waals surface area contributed by atoms with Crippen LogP contribution in [0.15, 0.2) is 65.6 Å². The number of hydrogen-bond acceptors (Lipinski definition) is 2. The zero-order valence-corrected chi connectivity index (χ0v) is 16.7. The smallest absolute Gasteiger partial charge is 0.205 e. The van der Waals surface area contributed by atoms with E-state index in [2.05, 4.69) is 16.6 Å². The molecule has 0 amide bonds. The Morgan fingerprint density at radius 1 is 0.935 bits per heavy atom. The quantitative estimate of drug-likeness (QED) is 0.453. The standard InChI is InChI=1S/C24H14F3NO2S/c25-18-8-4-15(5-9-18)2-1-3-16-7-11-22-19(12-16)24(29)23(31(30)28-22)14-17-6-10-20(26)21(27)13-17/h4-14,28H,2H2/b23-14+. The molecule has 4 rings (SSSR count). The molecule has 1 heterocycles. The number of carbonyl (C=O) groups is 1. The molecule has 0 spiro atoms. The second-order valence-electron chi connectivity index (χ2n) is 6.75. The second kappa shape index (κ2) is 8.62. The van der Waals surface area contributed by atoms with Crippen molar-refractivity contribution in [1.82, 2.24) is 0 Å². The highest BCUT2D eigenvalue weighted by molar-refractivity contribution is 7.91. The van der Waals surface area contributed by atoms with E-state index in [1.807, 2.05) is 0 Å². The van der Waals surface area contributed by atoms with E-state index in [0.717, 1.165) is 17.7 Å². The maximum absolute atomic E-state index is 13.5.